The lowest BCUT2D eigenvalue weighted by Gasteiger charge is -2.45. The summed E-state index contributed by atoms with van der Waals surface area (Å²) in [6.45, 7) is 5.45. The van der Waals surface area contributed by atoms with Gasteiger partial charge in [-0.15, -0.1) is 12.3 Å². The van der Waals surface area contributed by atoms with Crippen LogP contribution in [0, 0.1) is 5.92 Å². The lowest BCUT2D eigenvalue weighted by molar-refractivity contribution is -0.159. The Morgan fingerprint density at radius 2 is 1.73 bits per heavy atom. The van der Waals surface area contributed by atoms with Crippen LogP contribution in [0.5, 0.6) is 0 Å². The molecule has 0 aromatic rings. The molecule has 124 valence electrons. The first-order valence-corrected chi connectivity index (χ1v) is 12.4. The van der Waals surface area contributed by atoms with Crippen molar-refractivity contribution in [2.75, 3.05) is 13.2 Å². The van der Waals surface area contributed by atoms with Gasteiger partial charge in [0, 0.05) is 13.2 Å². The summed E-state index contributed by atoms with van der Waals surface area (Å²) in [5.74, 6) is 1.25. The topological polar surface area (TPSA) is 35.5 Å². The van der Waals surface area contributed by atoms with Gasteiger partial charge in [-0.2, -0.15) is 0 Å². The maximum atomic E-state index is 13.6. The Labute approximate surface area is 138 Å². The zero-order valence-electron chi connectivity index (χ0n) is 13.8. The number of ketones is 1. The molecular formula is C17H30O3Si2. The molecule has 2 heterocycles. The normalized spacial score (nSPS) is 37.1. The molecule has 0 radical (unpaired) electrons. The highest BCUT2D eigenvalue weighted by atomic mass is 28.2. The molecule has 3 aliphatic rings. The number of ether oxygens (including phenoxy) is 2. The number of hydrogen-bond donors (Lipinski definition) is 0. The van der Waals surface area contributed by atoms with Crippen LogP contribution in [-0.4, -0.2) is 48.5 Å². The third-order valence-electron chi connectivity index (χ3n) is 5.66. The average Bonchev–Trinajstić information content (AvgIpc) is 3.39. The number of carbonyl (C=O) groups is 1. The van der Waals surface area contributed by atoms with Crippen LogP contribution in [-0.2, 0) is 14.3 Å². The summed E-state index contributed by atoms with van der Waals surface area (Å²) >= 11 is 0. The second-order valence-corrected chi connectivity index (χ2v) is 11.8. The van der Waals surface area contributed by atoms with Crippen molar-refractivity contribution in [3.8, 4) is 0 Å². The van der Waals surface area contributed by atoms with E-state index < -0.39 is 29.5 Å². The fraction of sp³-hybridized carbons (Fsp3) is 0.824. The van der Waals surface area contributed by atoms with E-state index in [-0.39, 0.29) is 0 Å². The molecule has 3 nitrogen and oxygen atoms in total. The molecule has 2 aliphatic heterocycles. The Hall–Kier alpha value is -0.236. The number of rotatable bonds is 7. The summed E-state index contributed by atoms with van der Waals surface area (Å²) in [6, 6.07) is 1.29. The zero-order valence-corrected chi connectivity index (χ0v) is 16.6. The van der Waals surface area contributed by atoms with Gasteiger partial charge in [0.15, 0.2) is 5.78 Å². The summed E-state index contributed by atoms with van der Waals surface area (Å²) in [4.78, 5) is 13.6. The van der Waals surface area contributed by atoms with Crippen LogP contribution in [0.2, 0.25) is 6.04 Å². The Bertz CT molecular complexity index is 408. The van der Waals surface area contributed by atoms with E-state index in [0.29, 0.717) is 5.78 Å². The standard InChI is InChI=1S/C17H30O3Si2/c1-2-21-16(9-3-5-11-19-16)15(18)17(10-4-6-12-20-17)22-13-14-7-8-14/h2,14H,1,3-13,21-22H2. The minimum Gasteiger partial charge on any atom is -0.371 e. The summed E-state index contributed by atoms with van der Waals surface area (Å²) in [5, 5.41) is -0.901. The third-order valence-corrected chi connectivity index (χ3v) is 10.3. The summed E-state index contributed by atoms with van der Waals surface area (Å²) < 4.78 is 12.4. The molecule has 2 saturated heterocycles. The second-order valence-electron chi connectivity index (χ2n) is 7.40. The van der Waals surface area contributed by atoms with Gasteiger partial charge in [-0.3, -0.25) is 4.79 Å². The molecule has 0 aromatic carbocycles. The maximum absolute atomic E-state index is 13.6. The molecule has 3 rings (SSSR count). The van der Waals surface area contributed by atoms with Crippen LogP contribution in [0.4, 0.5) is 0 Å². The van der Waals surface area contributed by atoms with E-state index >= 15 is 0 Å². The number of hydrogen-bond acceptors (Lipinski definition) is 3. The van der Waals surface area contributed by atoms with Gasteiger partial charge in [0.1, 0.15) is 10.4 Å². The van der Waals surface area contributed by atoms with Gasteiger partial charge in [-0.1, -0.05) is 18.9 Å². The van der Waals surface area contributed by atoms with Crippen LogP contribution in [0.3, 0.4) is 0 Å². The van der Waals surface area contributed by atoms with Crippen LogP contribution in [0.25, 0.3) is 0 Å². The molecule has 0 amide bonds. The fourth-order valence-electron chi connectivity index (χ4n) is 4.12. The van der Waals surface area contributed by atoms with Gasteiger partial charge in [-0.25, -0.2) is 0 Å². The van der Waals surface area contributed by atoms with Crippen LogP contribution in [0.15, 0.2) is 12.3 Å². The molecule has 0 aromatic heterocycles. The molecule has 0 bridgehead atoms. The van der Waals surface area contributed by atoms with Crippen molar-refractivity contribution in [2.45, 2.75) is 67.9 Å². The van der Waals surface area contributed by atoms with Crippen molar-refractivity contribution in [2.24, 2.45) is 5.92 Å². The van der Waals surface area contributed by atoms with Gasteiger partial charge >= 0.3 is 0 Å². The first-order valence-electron chi connectivity index (χ1n) is 9.15. The molecule has 1 saturated carbocycles. The van der Waals surface area contributed by atoms with Crippen LogP contribution in [0.1, 0.15) is 51.4 Å². The molecule has 2 unspecified atom stereocenters. The SMILES string of the molecule is C=C[SiH2]C1(C(=O)C2([SiH2]CC3CC3)CCCCO2)CCCCO1. The van der Waals surface area contributed by atoms with Crippen LogP contribution < -0.4 is 0 Å². The lowest BCUT2D eigenvalue weighted by Crippen LogP contribution is -2.62. The van der Waals surface area contributed by atoms with Crippen molar-refractivity contribution in [1.29, 1.82) is 0 Å². The summed E-state index contributed by atoms with van der Waals surface area (Å²) in [7, 11) is -1.28. The van der Waals surface area contributed by atoms with E-state index in [2.05, 4.69) is 6.58 Å². The van der Waals surface area contributed by atoms with Gasteiger partial charge in [0.2, 0.25) is 0 Å². The first kappa shape index (κ1) is 16.6. The van der Waals surface area contributed by atoms with Crippen molar-refractivity contribution >= 4 is 24.8 Å². The van der Waals surface area contributed by atoms with E-state index in [9.17, 15) is 4.79 Å². The molecule has 5 heteroatoms. The monoisotopic (exact) mass is 338 g/mol. The number of carbonyl (C=O) groups excluding carboxylic acids is 1. The van der Waals surface area contributed by atoms with Crippen molar-refractivity contribution in [1.82, 2.24) is 0 Å². The highest BCUT2D eigenvalue weighted by Crippen LogP contribution is 2.39. The van der Waals surface area contributed by atoms with E-state index in [1.807, 2.05) is 5.70 Å². The predicted octanol–water partition coefficient (Wildman–Crippen LogP) is 1.66. The van der Waals surface area contributed by atoms with E-state index in [0.717, 1.165) is 57.7 Å². The van der Waals surface area contributed by atoms with E-state index in [4.69, 9.17) is 9.47 Å². The fourth-order valence-corrected chi connectivity index (χ4v) is 8.85. The molecule has 0 N–H and O–H groups in total. The quantitative estimate of drug-likeness (QED) is 0.662. The highest BCUT2D eigenvalue weighted by Gasteiger charge is 2.52. The van der Waals surface area contributed by atoms with Gasteiger partial charge < -0.3 is 9.47 Å². The van der Waals surface area contributed by atoms with Crippen LogP contribution >= 0.6 is 0 Å². The van der Waals surface area contributed by atoms with Crippen molar-refractivity contribution in [3.63, 3.8) is 0 Å². The Morgan fingerprint density at radius 1 is 1.09 bits per heavy atom. The Kier molecular flexibility index (Phi) is 5.37. The minimum atomic E-state index is -0.747. The zero-order chi connectivity index (χ0) is 15.5. The first-order chi connectivity index (χ1) is 10.7. The highest BCUT2D eigenvalue weighted by molar-refractivity contribution is 6.57. The van der Waals surface area contributed by atoms with E-state index in [1.54, 1.807) is 0 Å². The Balaban J connectivity index is 1.80. The average molecular weight is 339 g/mol. The molecule has 3 fully saturated rings. The molecule has 22 heavy (non-hydrogen) atoms. The van der Waals surface area contributed by atoms with Crippen molar-refractivity contribution in [3.05, 3.63) is 12.3 Å². The smallest absolute Gasteiger partial charge is 0.188 e. The molecule has 2 atom stereocenters. The minimum absolute atomic E-state index is 0.346. The third kappa shape index (κ3) is 3.47. The van der Waals surface area contributed by atoms with Gasteiger partial charge in [0.25, 0.3) is 0 Å². The molecular weight excluding hydrogens is 308 g/mol. The van der Waals surface area contributed by atoms with Crippen molar-refractivity contribution < 1.29 is 14.3 Å². The van der Waals surface area contributed by atoms with Gasteiger partial charge in [-0.05, 0) is 44.4 Å². The maximum Gasteiger partial charge on any atom is 0.188 e. The number of Topliss-reactive ketones (excluding diaryl/α,β-unsaturated/α-hetero) is 1. The second kappa shape index (κ2) is 7.11. The largest absolute Gasteiger partial charge is 0.371 e. The Morgan fingerprint density at radius 3 is 2.23 bits per heavy atom. The summed E-state index contributed by atoms with van der Waals surface area (Å²) in [6.07, 6.45) is 9.09. The molecule has 0 spiro atoms. The predicted molar refractivity (Wildman–Crippen MR) is 94.9 cm³/mol. The lowest BCUT2D eigenvalue weighted by atomic mass is 9.95. The summed E-state index contributed by atoms with van der Waals surface area (Å²) in [5.41, 5.74) is 2.00. The molecule has 1 aliphatic carbocycles. The van der Waals surface area contributed by atoms with E-state index in [1.165, 1.54) is 18.9 Å². The van der Waals surface area contributed by atoms with Gasteiger partial charge in [0.05, 0.1) is 19.0 Å².